The molecule has 0 unspecified atom stereocenters. The van der Waals surface area contributed by atoms with Gasteiger partial charge in [-0.05, 0) is 50.1 Å². The molecule has 3 heterocycles. The van der Waals surface area contributed by atoms with Gasteiger partial charge in [-0.15, -0.1) is 0 Å². The molecule has 0 amide bonds. The molecule has 1 saturated heterocycles. The van der Waals surface area contributed by atoms with Gasteiger partial charge < -0.3 is 14.8 Å². The van der Waals surface area contributed by atoms with Gasteiger partial charge in [0.1, 0.15) is 5.82 Å². The molecule has 0 atom stereocenters. The van der Waals surface area contributed by atoms with Crippen LogP contribution in [0.4, 0.5) is 5.95 Å². The van der Waals surface area contributed by atoms with Crippen LogP contribution in [-0.4, -0.2) is 57.6 Å². The van der Waals surface area contributed by atoms with Crippen LogP contribution in [-0.2, 0) is 6.42 Å². The Bertz CT molecular complexity index is 873. The summed E-state index contributed by atoms with van der Waals surface area (Å²) >= 11 is 0. The van der Waals surface area contributed by atoms with E-state index >= 15 is 0 Å². The van der Waals surface area contributed by atoms with Gasteiger partial charge >= 0.3 is 0 Å². The van der Waals surface area contributed by atoms with Crippen LogP contribution in [0.3, 0.4) is 0 Å². The van der Waals surface area contributed by atoms with Gasteiger partial charge in [0.05, 0.1) is 11.0 Å². The molecule has 6 heteroatoms. The van der Waals surface area contributed by atoms with E-state index in [2.05, 4.69) is 50.7 Å². The summed E-state index contributed by atoms with van der Waals surface area (Å²) < 4.78 is 0. The van der Waals surface area contributed by atoms with Crippen molar-refractivity contribution in [3.63, 3.8) is 0 Å². The molecule has 1 N–H and O–H groups in total. The zero-order valence-electron chi connectivity index (χ0n) is 15.6. The maximum atomic E-state index is 4.83. The van der Waals surface area contributed by atoms with Crippen LogP contribution in [0.15, 0.2) is 30.6 Å². The third-order valence-corrected chi connectivity index (χ3v) is 5.32. The fourth-order valence-electron chi connectivity index (χ4n) is 3.60. The van der Waals surface area contributed by atoms with Gasteiger partial charge in [0, 0.05) is 45.0 Å². The molecular weight excluding hydrogens is 324 g/mol. The first kappa shape index (κ1) is 17.0. The van der Waals surface area contributed by atoms with E-state index in [1.807, 2.05) is 18.5 Å². The first-order valence-electron chi connectivity index (χ1n) is 9.40. The zero-order chi connectivity index (χ0) is 17.9. The number of benzene rings is 1. The highest BCUT2D eigenvalue weighted by molar-refractivity contribution is 5.79. The van der Waals surface area contributed by atoms with Crippen molar-refractivity contribution in [1.29, 1.82) is 0 Å². The summed E-state index contributed by atoms with van der Waals surface area (Å²) in [5, 5.41) is 0. The van der Waals surface area contributed by atoms with Gasteiger partial charge in [-0.3, -0.25) is 0 Å². The van der Waals surface area contributed by atoms with Crippen molar-refractivity contribution < 1.29 is 0 Å². The Morgan fingerprint density at radius 1 is 1.04 bits per heavy atom. The number of nitrogens with one attached hydrogen (secondary N) is 1. The van der Waals surface area contributed by atoms with E-state index in [0.717, 1.165) is 68.4 Å². The van der Waals surface area contributed by atoms with Crippen molar-refractivity contribution in [3.8, 4) is 0 Å². The fourth-order valence-corrected chi connectivity index (χ4v) is 3.60. The molecule has 4 rings (SSSR count). The maximum absolute atomic E-state index is 4.83. The number of anilines is 1. The number of H-pyrrole nitrogens is 1. The van der Waals surface area contributed by atoms with Crippen LogP contribution in [0.5, 0.6) is 0 Å². The van der Waals surface area contributed by atoms with E-state index in [9.17, 15) is 0 Å². The largest absolute Gasteiger partial charge is 0.342 e. The van der Waals surface area contributed by atoms with Crippen LogP contribution < -0.4 is 4.90 Å². The smallest absolute Gasteiger partial charge is 0.225 e. The van der Waals surface area contributed by atoms with Gasteiger partial charge in [0.15, 0.2) is 0 Å². The minimum absolute atomic E-state index is 0.845. The predicted molar refractivity (Wildman–Crippen MR) is 105 cm³/mol. The maximum Gasteiger partial charge on any atom is 0.225 e. The molecule has 6 nitrogen and oxygen atoms in total. The molecule has 0 spiro atoms. The molecule has 1 aliphatic rings. The van der Waals surface area contributed by atoms with Crippen molar-refractivity contribution in [1.82, 2.24) is 24.8 Å². The van der Waals surface area contributed by atoms with E-state index in [1.54, 1.807) is 0 Å². The highest BCUT2D eigenvalue weighted by Gasteiger charge is 2.17. The van der Waals surface area contributed by atoms with Gasteiger partial charge in [0.2, 0.25) is 5.95 Å². The molecule has 2 aromatic heterocycles. The van der Waals surface area contributed by atoms with Crippen LogP contribution >= 0.6 is 0 Å². The standard InChI is InChI=1S/C20H26N6/c1-15-5-6-17-19(16(15)2)24-18(23-17)7-12-25-10-4-11-26(14-13-25)20-21-8-3-9-22-20/h3,5-6,8-9H,4,7,10-14H2,1-2H3,(H,23,24). The number of nitrogens with zero attached hydrogens (tertiary/aromatic N) is 5. The Kier molecular flexibility index (Phi) is 4.84. The van der Waals surface area contributed by atoms with Gasteiger partial charge in [0.25, 0.3) is 0 Å². The monoisotopic (exact) mass is 350 g/mol. The van der Waals surface area contributed by atoms with Gasteiger partial charge in [-0.1, -0.05) is 6.07 Å². The highest BCUT2D eigenvalue weighted by Crippen LogP contribution is 2.19. The number of aromatic amines is 1. The van der Waals surface area contributed by atoms with Crippen LogP contribution in [0, 0.1) is 13.8 Å². The van der Waals surface area contributed by atoms with Crippen molar-refractivity contribution in [3.05, 3.63) is 47.5 Å². The summed E-state index contributed by atoms with van der Waals surface area (Å²) in [5.74, 6) is 1.93. The number of rotatable bonds is 4. The van der Waals surface area contributed by atoms with E-state index in [-0.39, 0.29) is 0 Å². The molecule has 0 bridgehead atoms. The Labute approximate surface area is 154 Å². The number of imidazole rings is 1. The summed E-state index contributed by atoms with van der Waals surface area (Å²) in [6.07, 6.45) is 5.72. The molecule has 0 radical (unpaired) electrons. The summed E-state index contributed by atoms with van der Waals surface area (Å²) in [4.78, 5) is 21.9. The second kappa shape index (κ2) is 7.41. The van der Waals surface area contributed by atoms with Crippen LogP contribution in [0.25, 0.3) is 11.0 Å². The third-order valence-electron chi connectivity index (χ3n) is 5.32. The van der Waals surface area contributed by atoms with Crippen molar-refractivity contribution in [2.45, 2.75) is 26.7 Å². The van der Waals surface area contributed by atoms with E-state index < -0.39 is 0 Å². The lowest BCUT2D eigenvalue weighted by atomic mass is 10.1. The summed E-state index contributed by atoms with van der Waals surface area (Å²) in [6, 6.07) is 6.16. The minimum Gasteiger partial charge on any atom is -0.342 e. The summed E-state index contributed by atoms with van der Waals surface area (Å²) in [5.41, 5.74) is 4.83. The van der Waals surface area contributed by atoms with Crippen LogP contribution in [0.2, 0.25) is 0 Å². The van der Waals surface area contributed by atoms with Gasteiger partial charge in [-0.25, -0.2) is 15.0 Å². The molecule has 1 aliphatic heterocycles. The average molecular weight is 350 g/mol. The molecule has 0 aliphatic carbocycles. The number of hydrogen-bond acceptors (Lipinski definition) is 5. The number of fused-ring (bicyclic) bond motifs is 1. The third kappa shape index (κ3) is 3.55. The fraction of sp³-hybridized carbons (Fsp3) is 0.450. The quantitative estimate of drug-likeness (QED) is 0.784. The molecule has 0 saturated carbocycles. The zero-order valence-corrected chi connectivity index (χ0v) is 15.6. The lowest BCUT2D eigenvalue weighted by Crippen LogP contribution is -2.32. The van der Waals surface area contributed by atoms with E-state index in [4.69, 9.17) is 4.98 Å². The second-order valence-electron chi connectivity index (χ2n) is 7.07. The van der Waals surface area contributed by atoms with E-state index in [1.165, 1.54) is 11.1 Å². The van der Waals surface area contributed by atoms with Crippen LogP contribution in [0.1, 0.15) is 23.4 Å². The summed E-state index contributed by atoms with van der Waals surface area (Å²) in [6.45, 7) is 9.46. The Morgan fingerprint density at radius 3 is 2.73 bits per heavy atom. The van der Waals surface area contributed by atoms with Gasteiger partial charge in [-0.2, -0.15) is 0 Å². The second-order valence-corrected chi connectivity index (χ2v) is 7.07. The molecule has 26 heavy (non-hydrogen) atoms. The summed E-state index contributed by atoms with van der Waals surface area (Å²) in [7, 11) is 0. The van der Waals surface area contributed by atoms with Crippen molar-refractivity contribution >= 4 is 17.0 Å². The number of aromatic nitrogens is 4. The predicted octanol–water partition coefficient (Wildman–Crippen LogP) is 2.72. The lowest BCUT2D eigenvalue weighted by molar-refractivity contribution is 0.295. The van der Waals surface area contributed by atoms with E-state index in [0.29, 0.717) is 0 Å². The first-order chi connectivity index (χ1) is 12.7. The van der Waals surface area contributed by atoms with Crippen molar-refractivity contribution in [2.24, 2.45) is 0 Å². The number of aryl methyl sites for hydroxylation is 2. The lowest BCUT2D eigenvalue weighted by Gasteiger charge is -2.21. The molecule has 136 valence electrons. The molecular formula is C20H26N6. The Balaban J connectivity index is 1.37. The Morgan fingerprint density at radius 2 is 1.88 bits per heavy atom. The molecule has 1 aromatic carbocycles. The molecule has 3 aromatic rings. The Hall–Kier alpha value is -2.47. The average Bonchev–Trinajstić information content (AvgIpc) is 2.94. The highest BCUT2D eigenvalue weighted by atomic mass is 15.3. The number of hydrogen-bond donors (Lipinski definition) is 1. The first-order valence-corrected chi connectivity index (χ1v) is 9.40. The topological polar surface area (TPSA) is 60.9 Å². The minimum atomic E-state index is 0.845. The van der Waals surface area contributed by atoms with Crippen molar-refractivity contribution in [2.75, 3.05) is 37.6 Å². The molecule has 1 fully saturated rings. The normalized spacial score (nSPS) is 16.2. The SMILES string of the molecule is Cc1ccc2[nH]c(CCN3CCCN(c4ncccn4)CC3)nc2c1C.